The molecule has 0 spiro atoms. The van der Waals surface area contributed by atoms with E-state index in [-0.39, 0.29) is 11.9 Å². The molecule has 0 aliphatic carbocycles. The summed E-state index contributed by atoms with van der Waals surface area (Å²) in [7, 11) is 0. The molecular formula is C22H18N2O2. The number of nitrogens with zero attached hydrogens (tertiary/aromatic N) is 1. The Balaban J connectivity index is 1.57. The molecule has 0 saturated heterocycles. The lowest BCUT2D eigenvalue weighted by molar-refractivity contribution is 0.0939. The number of furan rings is 1. The van der Waals surface area contributed by atoms with Crippen molar-refractivity contribution < 1.29 is 9.21 Å². The maximum Gasteiger partial charge on any atom is 0.252 e. The summed E-state index contributed by atoms with van der Waals surface area (Å²) in [4.78, 5) is 12.8. The van der Waals surface area contributed by atoms with E-state index >= 15 is 0 Å². The first-order valence-corrected chi connectivity index (χ1v) is 8.44. The Morgan fingerprint density at radius 1 is 0.846 bits per heavy atom. The summed E-state index contributed by atoms with van der Waals surface area (Å²) < 4.78 is 7.53. The molecule has 2 aromatic carbocycles. The summed E-state index contributed by atoms with van der Waals surface area (Å²) in [5.74, 6) is 0.558. The molecule has 0 aliphatic heterocycles. The van der Waals surface area contributed by atoms with Gasteiger partial charge in [0.1, 0.15) is 11.8 Å². The Hall–Kier alpha value is -3.53. The largest absolute Gasteiger partial charge is 0.467 e. The van der Waals surface area contributed by atoms with E-state index < -0.39 is 0 Å². The topological polar surface area (TPSA) is 47.2 Å². The normalized spacial score (nSPS) is 11.8. The molecular weight excluding hydrogens is 324 g/mol. The van der Waals surface area contributed by atoms with Crippen LogP contribution in [0.3, 0.4) is 0 Å². The molecule has 4 rings (SSSR count). The van der Waals surface area contributed by atoms with Gasteiger partial charge in [0.2, 0.25) is 0 Å². The minimum Gasteiger partial charge on any atom is -0.467 e. The van der Waals surface area contributed by atoms with Gasteiger partial charge in [-0.15, -0.1) is 0 Å². The predicted octanol–water partition coefficient (Wildman–Crippen LogP) is 4.59. The van der Waals surface area contributed by atoms with E-state index in [0.29, 0.717) is 11.3 Å². The van der Waals surface area contributed by atoms with Crippen LogP contribution in [0, 0.1) is 0 Å². The SMILES string of the molecule is O=C(NC(c1ccccc1)c1ccco1)c1ccc(-n2cccc2)cc1. The molecule has 0 fully saturated rings. The van der Waals surface area contributed by atoms with Crippen LogP contribution in [0.4, 0.5) is 0 Å². The molecule has 4 heteroatoms. The van der Waals surface area contributed by atoms with E-state index in [1.54, 1.807) is 6.26 Å². The summed E-state index contributed by atoms with van der Waals surface area (Å²) in [6.07, 6.45) is 5.55. The van der Waals surface area contributed by atoms with E-state index in [1.165, 1.54) is 0 Å². The zero-order chi connectivity index (χ0) is 17.8. The zero-order valence-electron chi connectivity index (χ0n) is 14.1. The quantitative estimate of drug-likeness (QED) is 0.577. The average Bonchev–Trinajstić information content (AvgIpc) is 3.41. The minimum absolute atomic E-state index is 0.144. The lowest BCUT2D eigenvalue weighted by Gasteiger charge is -2.17. The molecule has 1 atom stereocenters. The van der Waals surface area contributed by atoms with Crippen molar-refractivity contribution in [2.75, 3.05) is 0 Å². The van der Waals surface area contributed by atoms with Gasteiger partial charge in [0.15, 0.2) is 0 Å². The van der Waals surface area contributed by atoms with Gasteiger partial charge >= 0.3 is 0 Å². The highest BCUT2D eigenvalue weighted by Crippen LogP contribution is 2.23. The number of carbonyl (C=O) groups is 1. The van der Waals surface area contributed by atoms with Crippen molar-refractivity contribution >= 4 is 5.91 Å². The Labute approximate surface area is 151 Å². The molecule has 0 aliphatic rings. The summed E-state index contributed by atoms with van der Waals surface area (Å²) in [6.45, 7) is 0. The Kier molecular flexibility index (Phi) is 4.39. The van der Waals surface area contributed by atoms with Crippen LogP contribution in [0.25, 0.3) is 5.69 Å². The molecule has 1 unspecified atom stereocenters. The van der Waals surface area contributed by atoms with Gasteiger partial charge < -0.3 is 14.3 Å². The number of hydrogen-bond acceptors (Lipinski definition) is 2. The summed E-state index contributed by atoms with van der Waals surface area (Å²) in [6, 6.07) is 24.6. The second kappa shape index (κ2) is 7.15. The highest BCUT2D eigenvalue weighted by molar-refractivity contribution is 5.94. The van der Waals surface area contributed by atoms with Crippen molar-refractivity contribution in [3.63, 3.8) is 0 Å². The number of nitrogens with one attached hydrogen (secondary N) is 1. The first kappa shape index (κ1) is 16.0. The van der Waals surface area contributed by atoms with E-state index in [2.05, 4.69) is 5.32 Å². The smallest absolute Gasteiger partial charge is 0.252 e. The van der Waals surface area contributed by atoms with Gasteiger partial charge in [-0.3, -0.25) is 4.79 Å². The Bertz CT molecular complexity index is 957. The lowest BCUT2D eigenvalue weighted by atomic mass is 10.0. The Morgan fingerprint density at radius 2 is 1.58 bits per heavy atom. The van der Waals surface area contributed by atoms with Gasteiger partial charge in [-0.2, -0.15) is 0 Å². The summed E-state index contributed by atoms with van der Waals surface area (Å²) in [5.41, 5.74) is 2.59. The summed E-state index contributed by atoms with van der Waals surface area (Å²) >= 11 is 0. The molecule has 1 N–H and O–H groups in total. The third-order valence-electron chi connectivity index (χ3n) is 4.27. The van der Waals surface area contributed by atoms with Crippen LogP contribution in [-0.4, -0.2) is 10.5 Å². The molecule has 2 aromatic heterocycles. The van der Waals surface area contributed by atoms with E-state index in [9.17, 15) is 4.79 Å². The molecule has 4 aromatic rings. The van der Waals surface area contributed by atoms with Crippen molar-refractivity contribution in [3.05, 3.63) is 114 Å². The first-order valence-electron chi connectivity index (χ1n) is 8.44. The van der Waals surface area contributed by atoms with Crippen molar-refractivity contribution in [2.45, 2.75) is 6.04 Å². The van der Waals surface area contributed by atoms with Gasteiger partial charge in [0.05, 0.1) is 6.26 Å². The third kappa shape index (κ3) is 3.30. The molecule has 2 heterocycles. The highest BCUT2D eigenvalue weighted by Gasteiger charge is 2.20. The molecule has 4 nitrogen and oxygen atoms in total. The molecule has 0 bridgehead atoms. The number of hydrogen-bond donors (Lipinski definition) is 1. The van der Waals surface area contributed by atoms with E-state index in [4.69, 9.17) is 4.42 Å². The van der Waals surface area contributed by atoms with Gasteiger partial charge in [-0.1, -0.05) is 30.3 Å². The Morgan fingerprint density at radius 3 is 2.23 bits per heavy atom. The number of aromatic nitrogens is 1. The maximum atomic E-state index is 12.8. The van der Waals surface area contributed by atoms with Crippen LogP contribution in [0.1, 0.15) is 27.7 Å². The van der Waals surface area contributed by atoms with Crippen LogP contribution >= 0.6 is 0 Å². The second-order valence-electron chi connectivity index (χ2n) is 5.97. The van der Waals surface area contributed by atoms with Crippen molar-refractivity contribution in [1.82, 2.24) is 9.88 Å². The van der Waals surface area contributed by atoms with E-state index in [0.717, 1.165) is 11.3 Å². The molecule has 128 valence electrons. The van der Waals surface area contributed by atoms with Crippen LogP contribution in [-0.2, 0) is 0 Å². The second-order valence-corrected chi connectivity index (χ2v) is 5.97. The number of amides is 1. The molecule has 0 radical (unpaired) electrons. The maximum absolute atomic E-state index is 12.8. The van der Waals surface area contributed by atoms with Crippen molar-refractivity contribution in [2.24, 2.45) is 0 Å². The third-order valence-corrected chi connectivity index (χ3v) is 4.27. The fourth-order valence-electron chi connectivity index (χ4n) is 2.93. The molecule has 26 heavy (non-hydrogen) atoms. The fraction of sp³-hybridized carbons (Fsp3) is 0.0455. The standard InChI is InChI=1S/C22H18N2O2/c25-22(18-10-12-19(13-11-18)24-14-4-5-15-24)23-21(20-9-6-16-26-20)17-7-2-1-3-8-17/h1-16,21H,(H,23,25). The van der Waals surface area contributed by atoms with Gasteiger partial charge in [-0.05, 0) is 54.1 Å². The predicted molar refractivity (Wildman–Crippen MR) is 100 cm³/mol. The zero-order valence-corrected chi connectivity index (χ0v) is 14.1. The van der Waals surface area contributed by atoms with Crippen LogP contribution in [0.5, 0.6) is 0 Å². The highest BCUT2D eigenvalue weighted by atomic mass is 16.3. The average molecular weight is 342 g/mol. The molecule has 0 saturated carbocycles. The first-order chi connectivity index (χ1) is 12.8. The van der Waals surface area contributed by atoms with Crippen LogP contribution < -0.4 is 5.32 Å². The monoisotopic (exact) mass is 342 g/mol. The number of benzene rings is 2. The van der Waals surface area contributed by atoms with Crippen LogP contribution in [0.2, 0.25) is 0 Å². The lowest BCUT2D eigenvalue weighted by Crippen LogP contribution is -2.29. The fourth-order valence-corrected chi connectivity index (χ4v) is 2.93. The number of rotatable bonds is 5. The van der Waals surface area contributed by atoms with E-state index in [1.807, 2.05) is 95.8 Å². The minimum atomic E-state index is -0.331. The molecule has 1 amide bonds. The van der Waals surface area contributed by atoms with Gasteiger partial charge in [0, 0.05) is 23.6 Å². The number of carbonyl (C=O) groups excluding carboxylic acids is 1. The summed E-state index contributed by atoms with van der Waals surface area (Å²) in [5, 5.41) is 3.07. The van der Waals surface area contributed by atoms with Gasteiger partial charge in [0.25, 0.3) is 5.91 Å². The van der Waals surface area contributed by atoms with Crippen LogP contribution in [0.15, 0.2) is 102 Å². The van der Waals surface area contributed by atoms with Crippen molar-refractivity contribution in [1.29, 1.82) is 0 Å². The van der Waals surface area contributed by atoms with Crippen molar-refractivity contribution in [3.8, 4) is 5.69 Å². The van der Waals surface area contributed by atoms with Gasteiger partial charge in [-0.25, -0.2) is 0 Å².